The average molecular weight is 357 g/mol. The van der Waals surface area contributed by atoms with Gasteiger partial charge in [-0.2, -0.15) is 0 Å². The molecule has 1 amide bonds. The molecule has 0 atom stereocenters. The van der Waals surface area contributed by atoms with Crippen LogP contribution in [0.2, 0.25) is 0 Å². The van der Waals surface area contributed by atoms with E-state index < -0.39 is 0 Å². The summed E-state index contributed by atoms with van der Waals surface area (Å²) in [5, 5.41) is 4.36. The van der Waals surface area contributed by atoms with Crippen molar-refractivity contribution < 1.29 is 9.32 Å². The van der Waals surface area contributed by atoms with E-state index in [-0.39, 0.29) is 5.91 Å². The molecule has 0 saturated carbocycles. The monoisotopic (exact) mass is 357 g/mol. The summed E-state index contributed by atoms with van der Waals surface area (Å²) in [6.07, 6.45) is 0.978. The Morgan fingerprint density at radius 3 is 2.35 bits per heavy atom. The minimum absolute atomic E-state index is 0.0800. The van der Waals surface area contributed by atoms with Gasteiger partial charge in [-0.05, 0) is 26.2 Å². The van der Waals surface area contributed by atoms with Crippen molar-refractivity contribution in [2.75, 3.05) is 24.5 Å². The van der Waals surface area contributed by atoms with Crippen molar-refractivity contribution >= 4 is 11.8 Å². The first-order valence-corrected chi connectivity index (χ1v) is 9.52. The molecule has 0 aliphatic rings. The number of benzene rings is 1. The van der Waals surface area contributed by atoms with Crippen LogP contribution in [-0.4, -0.2) is 35.6 Å². The Morgan fingerprint density at radius 2 is 1.81 bits per heavy atom. The number of hydrogen-bond acceptors (Lipinski definition) is 4. The van der Waals surface area contributed by atoms with Gasteiger partial charge in [-0.3, -0.25) is 4.79 Å². The number of aromatic nitrogens is 1. The molecule has 1 aromatic heterocycles. The van der Waals surface area contributed by atoms with E-state index >= 15 is 0 Å². The molecule has 1 aromatic carbocycles. The maximum Gasteiger partial charge on any atom is 0.232 e. The van der Waals surface area contributed by atoms with Crippen molar-refractivity contribution in [2.24, 2.45) is 5.92 Å². The number of rotatable bonds is 9. The Hall–Kier alpha value is -2.30. The van der Waals surface area contributed by atoms with Gasteiger partial charge in [0.2, 0.25) is 11.8 Å². The summed E-state index contributed by atoms with van der Waals surface area (Å²) >= 11 is 0. The zero-order valence-corrected chi connectivity index (χ0v) is 16.7. The van der Waals surface area contributed by atoms with Gasteiger partial charge in [0.25, 0.3) is 0 Å². The molecule has 1 heterocycles. The van der Waals surface area contributed by atoms with Gasteiger partial charge in [-0.1, -0.05) is 49.3 Å². The van der Waals surface area contributed by atoms with Crippen LogP contribution in [0.3, 0.4) is 0 Å². The first-order valence-electron chi connectivity index (χ1n) is 9.52. The second-order valence-corrected chi connectivity index (χ2v) is 6.98. The molecule has 2 rings (SSSR count). The zero-order chi connectivity index (χ0) is 19.1. The maximum atomic E-state index is 12.2. The Labute approximate surface area is 157 Å². The molecule has 0 saturated heterocycles. The highest BCUT2D eigenvalue weighted by Gasteiger charge is 2.24. The number of nitrogens with zero attached hydrogens (tertiary/aromatic N) is 3. The van der Waals surface area contributed by atoms with Crippen LogP contribution in [0.5, 0.6) is 0 Å². The smallest absolute Gasteiger partial charge is 0.232 e. The molecule has 2 aromatic rings. The maximum absolute atomic E-state index is 12.2. The van der Waals surface area contributed by atoms with Gasteiger partial charge in [-0.25, -0.2) is 0 Å². The highest BCUT2D eigenvalue weighted by Crippen LogP contribution is 2.32. The molecule has 142 valence electrons. The molecule has 5 heteroatoms. The second kappa shape index (κ2) is 9.41. The normalized spacial score (nSPS) is 11.0. The average Bonchev–Trinajstić information content (AvgIpc) is 3.03. The zero-order valence-electron chi connectivity index (χ0n) is 16.7. The molecule has 0 aliphatic carbocycles. The standard InChI is InChI=1S/C21H31N3O2/c1-6-23(7-2)21-19(15-24(17(5)25)14-13-16(3)4)20(22-26-21)18-11-9-8-10-12-18/h8-12,16H,6-7,13-15H2,1-5H3. The van der Waals surface area contributed by atoms with Gasteiger partial charge in [-0.15, -0.1) is 0 Å². The molecule has 0 N–H and O–H groups in total. The predicted molar refractivity (Wildman–Crippen MR) is 106 cm³/mol. The van der Waals surface area contributed by atoms with Crippen LogP contribution in [-0.2, 0) is 11.3 Å². The van der Waals surface area contributed by atoms with Crippen LogP contribution < -0.4 is 4.90 Å². The highest BCUT2D eigenvalue weighted by molar-refractivity contribution is 5.75. The van der Waals surface area contributed by atoms with E-state index in [0.717, 1.165) is 48.8 Å². The minimum atomic E-state index is 0.0800. The van der Waals surface area contributed by atoms with E-state index in [4.69, 9.17) is 4.52 Å². The first-order chi connectivity index (χ1) is 12.5. The first kappa shape index (κ1) is 20.0. The Morgan fingerprint density at radius 1 is 1.15 bits per heavy atom. The van der Waals surface area contributed by atoms with Gasteiger partial charge in [0.1, 0.15) is 5.69 Å². The predicted octanol–water partition coefficient (Wildman–Crippen LogP) is 4.58. The summed E-state index contributed by atoms with van der Waals surface area (Å²) in [5.74, 6) is 1.40. The lowest BCUT2D eigenvalue weighted by atomic mass is 10.1. The van der Waals surface area contributed by atoms with Crippen LogP contribution >= 0.6 is 0 Å². The summed E-state index contributed by atoms with van der Waals surface area (Å²) < 4.78 is 5.74. The van der Waals surface area contributed by atoms with E-state index in [1.807, 2.05) is 35.2 Å². The number of anilines is 1. The SMILES string of the molecule is CCN(CC)c1onc(-c2ccccc2)c1CN(CCC(C)C)C(C)=O. The second-order valence-electron chi connectivity index (χ2n) is 6.98. The van der Waals surface area contributed by atoms with Gasteiger partial charge >= 0.3 is 0 Å². The third-order valence-electron chi connectivity index (χ3n) is 4.64. The Bertz CT molecular complexity index is 691. The lowest BCUT2D eigenvalue weighted by Crippen LogP contribution is -2.31. The van der Waals surface area contributed by atoms with E-state index in [1.54, 1.807) is 6.92 Å². The molecule has 26 heavy (non-hydrogen) atoms. The van der Waals surface area contributed by atoms with Crippen molar-refractivity contribution in [1.29, 1.82) is 0 Å². The summed E-state index contributed by atoms with van der Waals surface area (Å²) in [4.78, 5) is 16.3. The highest BCUT2D eigenvalue weighted by atomic mass is 16.5. The van der Waals surface area contributed by atoms with E-state index in [2.05, 4.69) is 37.8 Å². The minimum Gasteiger partial charge on any atom is -0.341 e. The molecule has 0 fully saturated rings. The molecule has 0 spiro atoms. The number of hydrogen-bond donors (Lipinski definition) is 0. The van der Waals surface area contributed by atoms with Crippen molar-refractivity contribution in [2.45, 2.75) is 47.6 Å². The van der Waals surface area contributed by atoms with Crippen LogP contribution in [0.1, 0.15) is 46.6 Å². The van der Waals surface area contributed by atoms with Crippen molar-refractivity contribution in [1.82, 2.24) is 10.1 Å². The van der Waals surface area contributed by atoms with E-state index in [1.165, 1.54) is 0 Å². The van der Waals surface area contributed by atoms with Crippen molar-refractivity contribution in [3.63, 3.8) is 0 Å². The third-order valence-corrected chi connectivity index (χ3v) is 4.64. The summed E-state index contributed by atoms with van der Waals surface area (Å²) in [6.45, 7) is 13.1. The fraction of sp³-hybridized carbons (Fsp3) is 0.524. The molecular formula is C21H31N3O2. The third kappa shape index (κ3) is 4.87. The van der Waals surface area contributed by atoms with Gasteiger partial charge < -0.3 is 14.3 Å². The quantitative estimate of drug-likeness (QED) is 0.659. The molecule has 0 aliphatic heterocycles. The fourth-order valence-corrected chi connectivity index (χ4v) is 2.98. The lowest BCUT2D eigenvalue weighted by Gasteiger charge is -2.24. The van der Waals surface area contributed by atoms with Crippen LogP contribution in [0.15, 0.2) is 34.9 Å². The summed E-state index contributed by atoms with van der Waals surface area (Å²) in [7, 11) is 0. The number of carbonyl (C=O) groups excluding carboxylic acids is 1. The van der Waals surface area contributed by atoms with Crippen LogP contribution in [0.25, 0.3) is 11.3 Å². The largest absolute Gasteiger partial charge is 0.341 e. The molecular weight excluding hydrogens is 326 g/mol. The van der Waals surface area contributed by atoms with Crippen molar-refractivity contribution in [3.8, 4) is 11.3 Å². The molecule has 0 bridgehead atoms. The van der Waals surface area contributed by atoms with Crippen molar-refractivity contribution in [3.05, 3.63) is 35.9 Å². The van der Waals surface area contributed by atoms with Crippen LogP contribution in [0, 0.1) is 5.92 Å². The summed E-state index contributed by atoms with van der Waals surface area (Å²) in [6, 6.07) is 10.0. The Balaban J connectivity index is 2.41. The summed E-state index contributed by atoms with van der Waals surface area (Å²) in [5.41, 5.74) is 2.82. The van der Waals surface area contributed by atoms with Gasteiger partial charge in [0, 0.05) is 32.1 Å². The lowest BCUT2D eigenvalue weighted by molar-refractivity contribution is -0.129. The number of amides is 1. The van der Waals surface area contributed by atoms with E-state index in [9.17, 15) is 4.79 Å². The van der Waals surface area contributed by atoms with Crippen LogP contribution in [0.4, 0.5) is 5.88 Å². The van der Waals surface area contributed by atoms with Gasteiger partial charge in [0.15, 0.2) is 0 Å². The Kier molecular flexibility index (Phi) is 7.25. The topological polar surface area (TPSA) is 49.6 Å². The van der Waals surface area contributed by atoms with Gasteiger partial charge in [0.05, 0.1) is 12.1 Å². The molecule has 0 unspecified atom stereocenters. The van der Waals surface area contributed by atoms with E-state index in [0.29, 0.717) is 12.5 Å². The molecule has 0 radical (unpaired) electrons. The molecule has 5 nitrogen and oxygen atoms in total. The fourth-order valence-electron chi connectivity index (χ4n) is 2.98. The number of carbonyl (C=O) groups is 1.